The van der Waals surface area contributed by atoms with Crippen molar-refractivity contribution in [2.24, 2.45) is 0 Å². The highest BCUT2D eigenvalue weighted by Crippen LogP contribution is 2.18. The number of carbonyl (C=O) groups excluding carboxylic acids is 2. The van der Waals surface area contributed by atoms with E-state index in [-0.39, 0.29) is 37.2 Å². The second kappa shape index (κ2) is 9.09. The third-order valence-corrected chi connectivity index (χ3v) is 4.00. The molecule has 0 aliphatic carbocycles. The number of hydrogen-bond acceptors (Lipinski definition) is 5. The molecule has 0 atom stereocenters. The molecule has 2 aromatic carbocycles. The quantitative estimate of drug-likeness (QED) is 0.633. The Morgan fingerprint density at radius 1 is 1.04 bits per heavy atom. The summed E-state index contributed by atoms with van der Waals surface area (Å²) in [5, 5.41) is 9.69. The second-order valence-corrected chi connectivity index (χ2v) is 6.24. The molecular formula is C19H16ClFN4O3. The number of carbonyl (C=O) groups is 2. The highest BCUT2D eigenvalue weighted by molar-refractivity contribution is 6.30. The van der Waals surface area contributed by atoms with Crippen LogP contribution in [0.5, 0.6) is 0 Å². The molecule has 144 valence electrons. The molecule has 0 aliphatic heterocycles. The van der Waals surface area contributed by atoms with Crippen LogP contribution < -0.4 is 10.6 Å². The van der Waals surface area contributed by atoms with Crippen LogP contribution in [0.3, 0.4) is 0 Å². The van der Waals surface area contributed by atoms with Gasteiger partial charge in [0.1, 0.15) is 5.82 Å². The summed E-state index contributed by atoms with van der Waals surface area (Å²) in [6.45, 7) is 0.216. The minimum Gasteiger partial charge on any atom is -0.352 e. The normalized spacial score (nSPS) is 10.5. The van der Waals surface area contributed by atoms with Gasteiger partial charge in [-0.1, -0.05) is 16.8 Å². The zero-order chi connectivity index (χ0) is 19.9. The van der Waals surface area contributed by atoms with Crippen molar-refractivity contribution in [1.82, 2.24) is 20.8 Å². The standard InChI is InChI=1S/C19H16ClFN4O3/c20-14-5-1-12(2-6-14)18-24-17(28-25-18)11-23-16(26)9-10-22-19(27)13-3-7-15(21)8-4-13/h1-8H,9-11H2,(H,22,27)(H,23,26). The number of benzene rings is 2. The Morgan fingerprint density at radius 3 is 2.46 bits per heavy atom. The van der Waals surface area contributed by atoms with E-state index in [1.807, 2.05) is 0 Å². The van der Waals surface area contributed by atoms with Gasteiger partial charge in [-0.15, -0.1) is 0 Å². The first-order valence-electron chi connectivity index (χ1n) is 8.40. The van der Waals surface area contributed by atoms with E-state index in [1.165, 1.54) is 24.3 Å². The Bertz CT molecular complexity index is 958. The van der Waals surface area contributed by atoms with Crippen LogP contribution in [0.15, 0.2) is 53.1 Å². The van der Waals surface area contributed by atoms with Gasteiger partial charge in [-0.25, -0.2) is 4.39 Å². The van der Waals surface area contributed by atoms with E-state index in [9.17, 15) is 14.0 Å². The van der Waals surface area contributed by atoms with Gasteiger partial charge in [0.25, 0.3) is 5.91 Å². The average molecular weight is 403 g/mol. The topological polar surface area (TPSA) is 97.1 Å². The monoisotopic (exact) mass is 402 g/mol. The number of rotatable bonds is 7. The van der Waals surface area contributed by atoms with E-state index in [0.29, 0.717) is 16.4 Å². The molecule has 28 heavy (non-hydrogen) atoms. The predicted molar refractivity (Wildman–Crippen MR) is 99.9 cm³/mol. The predicted octanol–water partition coefficient (Wildman–Crippen LogP) is 2.97. The lowest BCUT2D eigenvalue weighted by Gasteiger charge is -2.05. The molecule has 1 heterocycles. The zero-order valence-electron chi connectivity index (χ0n) is 14.6. The van der Waals surface area contributed by atoms with Crippen LogP contribution in [-0.4, -0.2) is 28.5 Å². The maximum atomic E-state index is 12.8. The Labute approximate surface area is 164 Å². The highest BCUT2D eigenvalue weighted by atomic mass is 35.5. The third-order valence-electron chi connectivity index (χ3n) is 3.75. The van der Waals surface area contributed by atoms with E-state index < -0.39 is 5.82 Å². The third kappa shape index (κ3) is 5.37. The van der Waals surface area contributed by atoms with Crippen LogP contribution in [0, 0.1) is 5.82 Å². The lowest BCUT2D eigenvalue weighted by atomic mass is 10.2. The summed E-state index contributed by atoms with van der Waals surface area (Å²) in [7, 11) is 0. The van der Waals surface area contributed by atoms with Gasteiger partial charge < -0.3 is 15.2 Å². The average Bonchev–Trinajstić information content (AvgIpc) is 3.16. The molecule has 0 radical (unpaired) electrons. The van der Waals surface area contributed by atoms with Gasteiger partial charge in [-0.2, -0.15) is 4.98 Å². The van der Waals surface area contributed by atoms with Gasteiger partial charge in [0.15, 0.2) is 0 Å². The van der Waals surface area contributed by atoms with Crippen molar-refractivity contribution in [2.45, 2.75) is 13.0 Å². The number of nitrogens with one attached hydrogen (secondary N) is 2. The zero-order valence-corrected chi connectivity index (χ0v) is 15.4. The number of nitrogens with zero attached hydrogens (tertiary/aromatic N) is 2. The number of halogens is 2. The van der Waals surface area contributed by atoms with Gasteiger partial charge in [0.05, 0.1) is 6.54 Å². The molecule has 3 aromatic rings. The van der Waals surface area contributed by atoms with E-state index in [2.05, 4.69) is 20.8 Å². The fourth-order valence-corrected chi connectivity index (χ4v) is 2.42. The minimum atomic E-state index is -0.420. The molecule has 0 bridgehead atoms. The molecule has 1 aromatic heterocycles. The van der Waals surface area contributed by atoms with Crippen molar-refractivity contribution >= 4 is 23.4 Å². The summed E-state index contributed by atoms with van der Waals surface area (Å²) < 4.78 is 17.9. The maximum absolute atomic E-state index is 12.8. The van der Waals surface area contributed by atoms with Gasteiger partial charge >= 0.3 is 0 Å². The van der Waals surface area contributed by atoms with Gasteiger partial charge in [-0.3, -0.25) is 9.59 Å². The summed E-state index contributed by atoms with van der Waals surface area (Å²) in [4.78, 5) is 27.9. The van der Waals surface area contributed by atoms with Crippen LogP contribution in [0.25, 0.3) is 11.4 Å². The SMILES string of the molecule is O=C(CCNC(=O)c1ccc(F)cc1)NCc1nc(-c2ccc(Cl)cc2)no1. The fraction of sp³-hybridized carbons (Fsp3) is 0.158. The molecule has 0 spiro atoms. The first kappa shape index (κ1) is 19.5. The van der Waals surface area contributed by atoms with Crippen molar-refractivity contribution < 1.29 is 18.5 Å². The lowest BCUT2D eigenvalue weighted by Crippen LogP contribution is -2.30. The maximum Gasteiger partial charge on any atom is 0.251 e. The fourth-order valence-electron chi connectivity index (χ4n) is 2.30. The molecule has 0 saturated heterocycles. The number of aromatic nitrogens is 2. The summed E-state index contributed by atoms with van der Waals surface area (Å²) in [5.41, 5.74) is 1.07. The minimum absolute atomic E-state index is 0.0745. The van der Waals surface area contributed by atoms with Gasteiger partial charge in [-0.05, 0) is 48.5 Å². The van der Waals surface area contributed by atoms with E-state index in [0.717, 1.165) is 5.56 Å². The molecule has 9 heteroatoms. The van der Waals surface area contributed by atoms with Crippen LogP contribution >= 0.6 is 11.6 Å². The van der Waals surface area contributed by atoms with Crippen molar-refractivity contribution in [3.8, 4) is 11.4 Å². The van der Waals surface area contributed by atoms with Crippen LogP contribution in [-0.2, 0) is 11.3 Å². The summed E-state index contributed by atoms with van der Waals surface area (Å²) in [5.74, 6) is -0.430. The Morgan fingerprint density at radius 2 is 1.75 bits per heavy atom. The van der Waals surface area contributed by atoms with E-state index in [1.54, 1.807) is 24.3 Å². The summed E-state index contributed by atoms with van der Waals surface area (Å²) in [6, 6.07) is 12.1. The van der Waals surface area contributed by atoms with E-state index in [4.69, 9.17) is 16.1 Å². The first-order chi connectivity index (χ1) is 13.5. The summed E-state index contributed by atoms with van der Waals surface area (Å²) >= 11 is 5.84. The van der Waals surface area contributed by atoms with Gasteiger partial charge in [0.2, 0.25) is 17.6 Å². The van der Waals surface area contributed by atoms with Crippen LogP contribution in [0.4, 0.5) is 4.39 Å². The van der Waals surface area contributed by atoms with Crippen molar-refractivity contribution in [2.75, 3.05) is 6.54 Å². The highest BCUT2D eigenvalue weighted by Gasteiger charge is 2.11. The molecule has 3 rings (SSSR count). The Balaban J connectivity index is 1.41. The van der Waals surface area contributed by atoms with Crippen LogP contribution in [0.1, 0.15) is 22.7 Å². The van der Waals surface area contributed by atoms with Crippen molar-refractivity contribution in [3.05, 3.63) is 70.8 Å². The first-order valence-corrected chi connectivity index (χ1v) is 8.78. The molecule has 2 amide bonds. The summed E-state index contributed by atoms with van der Waals surface area (Å²) in [6.07, 6.45) is 0.0745. The van der Waals surface area contributed by atoms with Crippen molar-refractivity contribution in [1.29, 1.82) is 0 Å². The molecule has 2 N–H and O–H groups in total. The van der Waals surface area contributed by atoms with Crippen molar-refractivity contribution in [3.63, 3.8) is 0 Å². The van der Waals surface area contributed by atoms with Gasteiger partial charge in [0, 0.05) is 29.1 Å². The number of hydrogen-bond donors (Lipinski definition) is 2. The number of amides is 2. The lowest BCUT2D eigenvalue weighted by molar-refractivity contribution is -0.121. The van der Waals surface area contributed by atoms with E-state index >= 15 is 0 Å². The molecule has 0 fully saturated rings. The Kier molecular flexibility index (Phi) is 6.33. The smallest absolute Gasteiger partial charge is 0.251 e. The molecule has 0 saturated carbocycles. The van der Waals surface area contributed by atoms with Crippen LogP contribution in [0.2, 0.25) is 5.02 Å². The molecule has 0 unspecified atom stereocenters. The molecule has 0 aliphatic rings. The molecular weight excluding hydrogens is 387 g/mol. The second-order valence-electron chi connectivity index (χ2n) is 5.81. The Hall–Kier alpha value is -3.26. The largest absolute Gasteiger partial charge is 0.352 e. The molecule has 7 nitrogen and oxygen atoms in total.